The molecule has 0 atom stereocenters. The predicted octanol–water partition coefficient (Wildman–Crippen LogP) is 3.54. The van der Waals surface area contributed by atoms with Crippen molar-refractivity contribution in [3.05, 3.63) is 77.7 Å². The quantitative estimate of drug-likeness (QED) is 0.444. The molecular formula is C24H25FN6O2. The molecule has 4 rings (SSSR count). The lowest BCUT2D eigenvalue weighted by Crippen LogP contribution is -2.29. The fourth-order valence-electron chi connectivity index (χ4n) is 3.61. The molecule has 1 N–H and O–H groups in total. The first-order valence-corrected chi connectivity index (χ1v) is 10.5. The zero-order valence-electron chi connectivity index (χ0n) is 18.7. The van der Waals surface area contributed by atoms with Crippen LogP contribution in [-0.2, 0) is 13.1 Å². The van der Waals surface area contributed by atoms with Gasteiger partial charge in [0.25, 0.3) is 5.91 Å². The fourth-order valence-corrected chi connectivity index (χ4v) is 3.61. The number of carbonyl (C=O) groups is 1. The first kappa shape index (κ1) is 22.3. The second-order valence-corrected chi connectivity index (χ2v) is 7.92. The molecule has 0 saturated carbocycles. The average Bonchev–Trinajstić information content (AvgIpc) is 3.37. The Morgan fingerprint density at radius 1 is 1.18 bits per heavy atom. The van der Waals surface area contributed by atoms with Crippen molar-refractivity contribution in [1.29, 1.82) is 0 Å². The normalized spacial score (nSPS) is 11.2. The number of nitrogens with zero attached hydrogens (tertiary/aromatic N) is 5. The number of carbonyl (C=O) groups excluding carboxylic acids is 1. The highest BCUT2D eigenvalue weighted by Crippen LogP contribution is 2.25. The third-order valence-corrected chi connectivity index (χ3v) is 5.14. The summed E-state index contributed by atoms with van der Waals surface area (Å²) in [7, 11) is 3.91. The van der Waals surface area contributed by atoms with Crippen LogP contribution in [0, 0.1) is 12.7 Å². The van der Waals surface area contributed by atoms with E-state index in [0.717, 1.165) is 11.3 Å². The molecule has 0 bridgehead atoms. The fraction of sp³-hybridized carbons (Fsp3) is 0.250. The molecule has 0 fully saturated rings. The van der Waals surface area contributed by atoms with Crippen LogP contribution in [0.4, 0.5) is 4.39 Å². The minimum absolute atomic E-state index is 0.281. The Kier molecular flexibility index (Phi) is 6.60. The standard InChI is InChI=1S/C24H25FN6O2/c1-16-22(23(29-33-16)17-8-10-26-11-9-17)24(32)27-12-13-31-18(15-30(2)3)14-21(28-31)19-6-4-5-7-20(19)25/h4-11,14H,12-13,15H2,1-3H3,(H,27,32). The number of aromatic nitrogens is 4. The third-order valence-electron chi connectivity index (χ3n) is 5.14. The zero-order valence-corrected chi connectivity index (χ0v) is 18.7. The van der Waals surface area contributed by atoms with E-state index in [4.69, 9.17) is 4.52 Å². The number of pyridine rings is 1. The molecule has 1 amide bonds. The van der Waals surface area contributed by atoms with E-state index in [-0.39, 0.29) is 11.7 Å². The monoisotopic (exact) mass is 448 g/mol. The number of amides is 1. The minimum Gasteiger partial charge on any atom is -0.360 e. The molecule has 3 aromatic heterocycles. The van der Waals surface area contributed by atoms with Crippen molar-refractivity contribution in [3.8, 4) is 22.5 Å². The van der Waals surface area contributed by atoms with Gasteiger partial charge < -0.3 is 14.7 Å². The summed E-state index contributed by atoms with van der Waals surface area (Å²) in [4.78, 5) is 18.9. The first-order valence-electron chi connectivity index (χ1n) is 10.5. The third kappa shape index (κ3) is 4.98. The number of benzene rings is 1. The van der Waals surface area contributed by atoms with Gasteiger partial charge in [0.1, 0.15) is 22.8 Å². The second kappa shape index (κ2) is 9.74. The van der Waals surface area contributed by atoms with Gasteiger partial charge in [0.15, 0.2) is 0 Å². The molecule has 170 valence electrons. The highest BCUT2D eigenvalue weighted by atomic mass is 19.1. The molecule has 0 aliphatic rings. The van der Waals surface area contributed by atoms with Gasteiger partial charge in [-0.3, -0.25) is 14.5 Å². The lowest BCUT2D eigenvalue weighted by atomic mass is 10.1. The van der Waals surface area contributed by atoms with E-state index < -0.39 is 0 Å². The topological polar surface area (TPSA) is 89.1 Å². The van der Waals surface area contributed by atoms with E-state index in [1.54, 1.807) is 54.3 Å². The molecule has 3 heterocycles. The summed E-state index contributed by atoms with van der Waals surface area (Å²) >= 11 is 0. The summed E-state index contributed by atoms with van der Waals surface area (Å²) in [6, 6.07) is 12.0. The lowest BCUT2D eigenvalue weighted by Gasteiger charge is -2.12. The number of nitrogens with one attached hydrogen (secondary N) is 1. The van der Waals surface area contributed by atoms with Gasteiger partial charge in [-0.15, -0.1) is 0 Å². The SMILES string of the molecule is Cc1onc(-c2ccncc2)c1C(=O)NCCn1nc(-c2ccccc2F)cc1CN(C)C. The number of halogens is 1. The van der Waals surface area contributed by atoms with Gasteiger partial charge in [-0.1, -0.05) is 17.3 Å². The second-order valence-electron chi connectivity index (χ2n) is 7.92. The Hall–Kier alpha value is -3.85. The van der Waals surface area contributed by atoms with Crippen LogP contribution in [0.5, 0.6) is 0 Å². The molecule has 0 aliphatic heterocycles. The molecular weight excluding hydrogens is 423 g/mol. The van der Waals surface area contributed by atoms with Crippen LogP contribution in [0.1, 0.15) is 21.8 Å². The van der Waals surface area contributed by atoms with Crippen molar-refractivity contribution in [2.75, 3.05) is 20.6 Å². The van der Waals surface area contributed by atoms with Gasteiger partial charge in [0.05, 0.1) is 17.9 Å². The lowest BCUT2D eigenvalue weighted by molar-refractivity contribution is 0.0950. The summed E-state index contributed by atoms with van der Waals surface area (Å²) in [6.07, 6.45) is 3.27. The first-order chi connectivity index (χ1) is 15.9. The van der Waals surface area contributed by atoms with Crippen molar-refractivity contribution in [2.45, 2.75) is 20.0 Å². The van der Waals surface area contributed by atoms with Crippen LogP contribution in [-0.4, -0.2) is 51.4 Å². The van der Waals surface area contributed by atoms with Gasteiger partial charge in [-0.05, 0) is 51.4 Å². The van der Waals surface area contributed by atoms with E-state index in [1.807, 2.05) is 25.1 Å². The Bertz CT molecular complexity index is 1250. The smallest absolute Gasteiger partial charge is 0.257 e. The van der Waals surface area contributed by atoms with Crippen molar-refractivity contribution in [3.63, 3.8) is 0 Å². The summed E-state index contributed by atoms with van der Waals surface area (Å²) < 4.78 is 21.3. The molecule has 9 heteroatoms. The van der Waals surface area contributed by atoms with E-state index in [0.29, 0.717) is 47.9 Å². The number of hydrogen-bond donors (Lipinski definition) is 1. The van der Waals surface area contributed by atoms with Crippen molar-refractivity contribution in [2.24, 2.45) is 0 Å². The van der Waals surface area contributed by atoms with E-state index in [1.165, 1.54) is 6.07 Å². The van der Waals surface area contributed by atoms with Crippen LogP contribution >= 0.6 is 0 Å². The molecule has 1 aromatic carbocycles. The van der Waals surface area contributed by atoms with Crippen LogP contribution in [0.3, 0.4) is 0 Å². The molecule has 0 spiro atoms. The van der Waals surface area contributed by atoms with Crippen molar-refractivity contribution in [1.82, 2.24) is 30.1 Å². The maximum absolute atomic E-state index is 14.3. The minimum atomic E-state index is -0.321. The van der Waals surface area contributed by atoms with Crippen LogP contribution in [0.2, 0.25) is 0 Å². The summed E-state index contributed by atoms with van der Waals surface area (Å²) in [5, 5.41) is 11.6. The average molecular weight is 449 g/mol. The van der Waals surface area contributed by atoms with Crippen molar-refractivity contribution >= 4 is 5.91 Å². The Balaban J connectivity index is 1.50. The molecule has 8 nitrogen and oxygen atoms in total. The summed E-state index contributed by atoms with van der Waals surface area (Å²) in [6.45, 7) is 3.10. The van der Waals surface area contributed by atoms with E-state index >= 15 is 0 Å². The summed E-state index contributed by atoms with van der Waals surface area (Å²) in [5.41, 5.74) is 3.55. The molecule has 0 aliphatic carbocycles. The Labute approximate surface area is 191 Å². The zero-order chi connectivity index (χ0) is 23.4. The van der Waals surface area contributed by atoms with Crippen LogP contribution < -0.4 is 5.32 Å². The number of hydrogen-bond acceptors (Lipinski definition) is 6. The molecule has 0 saturated heterocycles. The molecule has 33 heavy (non-hydrogen) atoms. The maximum Gasteiger partial charge on any atom is 0.257 e. The summed E-state index contributed by atoms with van der Waals surface area (Å²) in [5.74, 6) is -0.164. The molecule has 0 radical (unpaired) electrons. The number of aryl methyl sites for hydroxylation is 1. The maximum atomic E-state index is 14.3. The highest BCUT2D eigenvalue weighted by Gasteiger charge is 2.21. The van der Waals surface area contributed by atoms with Gasteiger partial charge in [-0.2, -0.15) is 5.10 Å². The van der Waals surface area contributed by atoms with E-state index in [9.17, 15) is 9.18 Å². The molecule has 0 unspecified atom stereocenters. The predicted molar refractivity (Wildman–Crippen MR) is 122 cm³/mol. The largest absolute Gasteiger partial charge is 0.360 e. The Morgan fingerprint density at radius 3 is 2.67 bits per heavy atom. The number of rotatable bonds is 8. The van der Waals surface area contributed by atoms with Crippen LogP contribution in [0.15, 0.2) is 59.4 Å². The highest BCUT2D eigenvalue weighted by molar-refractivity contribution is 6.00. The van der Waals surface area contributed by atoms with Crippen LogP contribution in [0.25, 0.3) is 22.5 Å². The Morgan fingerprint density at radius 2 is 1.94 bits per heavy atom. The van der Waals surface area contributed by atoms with E-state index in [2.05, 4.69) is 20.6 Å². The van der Waals surface area contributed by atoms with Gasteiger partial charge in [0, 0.05) is 36.6 Å². The van der Waals surface area contributed by atoms with Gasteiger partial charge in [-0.25, -0.2) is 4.39 Å². The van der Waals surface area contributed by atoms with Gasteiger partial charge >= 0.3 is 0 Å². The van der Waals surface area contributed by atoms with Crippen molar-refractivity contribution < 1.29 is 13.7 Å². The molecule has 4 aromatic rings. The van der Waals surface area contributed by atoms with Gasteiger partial charge in [0.2, 0.25) is 0 Å².